The maximum absolute atomic E-state index is 9.34. The molecule has 132 valence electrons. The number of benzene rings is 1. The lowest BCUT2D eigenvalue weighted by Gasteiger charge is -2.36. The molecule has 2 fully saturated rings. The maximum atomic E-state index is 9.34. The third-order valence-electron chi connectivity index (χ3n) is 4.55. The molecular weight excluding hydrogens is 308 g/mol. The smallest absolute Gasteiger partial charge is 0.201 e. The second-order valence-corrected chi connectivity index (χ2v) is 7.17. The number of hydrogen-bond acceptors (Lipinski definition) is 5. The lowest BCUT2D eigenvalue weighted by Crippen LogP contribution is -2.43. The van der Waals surface area contributed by atoms with Gasteiger partial charge in [-0.15, -0.1) is 0 Å². The van der Waals surface area contributed by atoms with E-state index < -0.39 is 11.4 Å². The molecule has 24 heavy (non-hydrogen) atoms. The number of aliphatic hydroxyl groups excluding tert-OH is 1. The van der Waals surface area contributed by atoms with E-state index in [1.807, 2.05) is 38.1 Å². The van der Waals surface area contributed by atoms with E-state index in [0.29, 0.717) is 12.4 Å². The van der Waals surface area contributed by atoms with Crippen molar-refractivity contribution in [1.82, 2.24) is 0 Å². The number of rotatable bonds is 5. The van der Waals surface area contributed by atoms with Crippen LogP contribution in [0.3, 0.4) is 0 Å². The molecule has 1 aromatic carbocycles. The van der Waals surface area contributed by atoms with E-state index in [1.165, 1.54) is 0 Å². The molecule has 0 amide bonds. The van der Waals surface area contributed by atoms with E-state index in [1.54, 1.807) is 0 Å². The highest BCUT2D eigenvalue weighted by Crippen LogP contribution is 2.39. The molecule has 0 aromatic heterocycles. The average Bonchev–Trinajstić information content (AvgIpc) is 3.03. The summed E-state index contributed by atoms with van der Waals surface area (Å²) in [4.78, 5) is 11.2. The minimum absolute atomic E-state index is 0.0618. The summed E-state index contributed by atoms with van der Waals surface area (Å²) >= 11 is 0. The minimum Gasteiger partial charge on any atom is -0.485 e. The Morgan fingerprint density at radius 1 is 1.38 bits per heavy atom. The Hall–Kier alpha value is -1.40. The zero-order valence-corrected chi connectivity index (χ0v) is 14.4. The van der Waals surface area contributed by atoms with Gasteiger partial charge >= 0.3 is 0 Å². The molecule has 1 saturated carbocycles. The van der Waals surface area contributed by atoms with Crippen LogP contribution in [0.5, 0.6) is 5.75 Å². The predicted molar refractivity (Wildman–Crippen MR) is 90.4 cm³/mol. The number of hydrogen-bond donors (Lipinski definition) is 1. The summed E-state index contributed by atoms with van der Waals surface area (Å²) in [7, 11) is 0. The van der Waals surface area contributed by atoms with Crippen LogP contribution in [0.15, 0.2) is 30.8 Å². The highest BCUT2D eigenvalue weighted by Gasteiger charge is 2.42. The van der Waals surface area contributed by atoms with Gasteiger partial charge in [-0.1, -0.05) is 18.7 Å². The molecule has 1 aliphatic heterocycles. The van der Waals surface area contributed by atoms with Gasteiger partial charge in [-0.05, 0) is 50.0 Å². The third-order valence-corrected chi connectivity index (χ3v) is 4.55. The molecule has 1 atom stereocenters. The van der Waals surface area contributed by atoms with Crippen molar-refractivity contribution < 1.29 is 24.4 Å². The summed E-state index contributed by atoms with van der Waals surface area (Å²) < 4.78 is 11.7. The van der Waals surface area contributed by atoms with E-state index in [9.17, 15) is 5.11 Å². The van der Waals surface area contributed by atoms with Crippen molar-refractivity contribution >= 4 is 5.57 Å². The summed E-state index contributed by atoms with van der Waals surface area (Å²) in [6, 6.07) is 7.59. The Kier molecular flexibility index (Phi) is 4.97. The van der Waals surface area contributed by atoms with Gasteiger partial charge in [0, 0.05) is 12.8 Å². The standard InChI is InChI=1S/C19H26O5/c1-14(17-12-21-19(24-23-17)9-4-5-10-19)15-7-6-8-16(11-15)22-18(2,3)13-20/h6-8,11,17,20H,1,4-5,9-10,12-13H2,2-3H3. The van der Waals surface area contributed by atoms with E-state index in [-0.39, 0.29) is 12.7 Å². The van der Waals surface area contributed by atoms with Crippen LogP contribution >= 0.6 is 0 Å². The fraction of sp³-hybridized carbons (Fsp3) is 0.579. The molecule has 1 aromatic rings. The lowest BCUT2D eigenvalue weighted by atomic mass is 10.0. The van der Waals surface area contributed by atoms with Gasteiger partial charge in [0.2, 0.25) is 5.79 Å². The molecule has 1 aliphatic carbocycles. The topological polar surface area (TPSA) is 57.2 Å². The Morgan fingerprint density at radius 2 is 2.12 bits per heavy atom. The van der Waals surface area contributed by atoms with Gasteiger partial charge in [-0.2, -0.15) is 0 Å². The summed E-state index contributed by atoms with van der Waals surface area (Å²) in [6.07, 6.45) is 3.64. The SMILES string of the molecule is C=C(c1cccc(OC(C)(C)CO)c1)C1COC2(CCCC2)OO1. The first-order valence-corrected chi connectivity index (χ1v) is 8.51. The van der Waals surface area contributed by atoms with Crippen LogP contribution in [0.2, 0.25) is 0 Å². The molecule has 1 heterocycles. The maximum Gasteiger partial charge on any atom is 0.201 e. The fourth-order valence-electron chi connectivity index (χ4n) is 3.02. The molecule has 1 spiro atoms. The summed E-state index contributed by atoms with van der Waals surface area (Å²) in [6.45, 7) is 8.18. The van der Waals surface area contributed by atoms with Crippen LogP contribution in [0.25, 0.3) is 5.57 Å². The molecule has 1 saturated heterocycles. The highest BCUT2D eigenvalue weighted by molar-refractivity contribution is 5.68. The number of ether oxygens (including phenoxy) is 2. The number of aliphatic hydroxyl groups is 1. The van der Waals surface area contributed by atoms with Crippen molar-refractivity contribution in [3.8, 4) is 5.75 Å². The van der Waals surface area contributed by atoms with E-state index in [2.05, 4.69) is 6.58 Å². The first-order chi connectivity index (χ1) is 11.4. The zero-order valence-electron chi connectivity index (χ0n) is 14.4. The van der Waals surface area contributed by atoms with Crippen LogP contribution < -0.4 is 4.74 Å². The largest absolute Gasteiger partial charge is 0.485 e. The van der Waals surface area contributed by atoms with Crippen molar-refractivity contribution in [3.63, 3.8) is 0 Å². The molecule has 3 rings (SSSR count). The average molecular weight is 334 g/mol. The minimum atomic E-state index is -0.637. The molecule has 0 radical (unpaired) electrons. The molecule has 2 aliphatic rings. The first kappa shape index (κ1) is 17.4. The molecule has 1 unspecified atom stereocenters. The fourth-order valence-corrected chi connectivity index (χ4v) is 3.02. The molecule has 1 N–H and O–H groups in total. The van der Waals surface area contributed by atoms with Crippen LogP contribution in [0, 0.1) is 0 Å². The Balaban J connectivity index is 1.65. The van der Waals surface area contributed by atoms with Crippen molar-refractivity contribution in [2.45, 2.75) is 57.0 Å². The second-order valence-electron chi connectivity index (χ2n) is 7.17. The van der Waals surface area contributed by atoms with Gasteiger partial charge in [0.15, 0.2) is 0 Å². The van der Waals surface area contributed by atoms with E-state index >= 15 is 0 Å². The normalized spacial score (nSPS) is 23.4. The molecule has 0 bridgehead atoms. The Morgan fingerprint density at radius 3 is 2.75 bits per heavy atom. The van der Waals surface area contributed by atoms with Crippen molar-refractivity contribution in [1.29, 1.82) is 0 Å². The van der Waals surface area contributed by atoms with Gasteiger partial charge in [-0.3, -0.25) is 0 Å². The van der Waals surface area contributed by atoms with E-state index in [4.69, 9.17) is 19.2 Å². The van der Waals surface area contributed by atoms with Gasteiger partial charge in [0.1, 0.15) is 17.5 Å². The quantitative estimate of drug-likeness (QED) is 0.836. The van der Waals surface area contributed by atoms with Crippen molar-refractivity contribution in [3.05, 3.63) is 36.4 Å². The van der Waals surface area contributed by atoms with Crippen LogP contribution in [0.4, 0.5) is 0 Å². The lowest BCUT2D eigenvalue weighted by molar-refractivity contribution is -0.475. The first-order valence-electron chi connectivity index (χ1n) is 8.51. The van der Waals surface area contributed by atoms with Crippen LogP contribution in [-0.4, -0.2) is 35.8 Å². The van der Waals surface area contributed by atoms with Crippen LogP contribution in [-0.2, 0) is 14.5 Å². The van der Waals surface area contributed by atoms with E-state index in [0.717, 1.165) is 36.8 Å². The Labute approximate surface area is 143 Å². The summed E-state index contributed by atoms with van der Waals surface area (Å²) in [5.41, 5.74) is 1.05. The second kappa shape index (κ2) is 6.84. The van der Waals surface area contributed by atoms with Gasteiger partial charge in [-0.25, -0.2) is 9.78 Å². The summed E-state index contributed by atoms with van der Waals surface area (Å²) in [5, 5.41) is 9.34. The van der Waals surface area contributed by atoms with Crippen LogP contribution in [0.1, 0.15) is 45.1 Å². The zero-order chi connectivity index (χ0) is 17.2. The third kappa shape index (κ3) is 3.81. The predicted octanol–water partition coefficient (Wildman–Crippen LogP) is 3.47. The monoisotopic (exact) mass is 334 g/mol. The molecule has 5 nitrogen and oxygen atoms in total. The molecular formula is C19H26O5. The Bertz CT molecular complexity index is 579. The summed E-state index contributed by atoms with van der Waals surface area (Å²) in [5.74, 6) is 0.130. The van der Waals surface area contributed by atoms with Gasteiger partial charge in [0.25, 0.3) is 0 Å². The van der Waals surface area contributed by atoms with Gasteiger partial charge < -0.3 is 14.6 Å². The highest BCUT2D eigenvalue weighted by atomic mass is 17.2. The van der Waals surface area contributed by atoms with Gasteiger partial charge in [0.05, 0.1) is 13.2 Å². The van der Waals surface area contributed by atoms with Crippen molar-refractivity contribution in [2.24, 2.45) is 0 Å². The molecule has 5 heteroatoms. The van der Waals surface area contributed by atoms with Crippen molar-refractivity contribution in [2.75, 3.05) is 13.2 Å².